The Bertz CT molecular complexity index is 446. The molecule has 5 nitrogen and oxygen atoms in total. The predicted octanol–water partition coefficient (Wildman–Crippen LogP) is 3.26. The average Bonchev–Trinajstić information content (AvgIpc) is 3.01. The predicted molar refractivity (Wildman–Crippen MR) is 58.7 cm³/mol. The maximum Gasteiger partial charge on any atom is 0.138 e. The summed E-state index contributed by atoms with van der Waals surface area (Å²) in [5.74, 6) is 0. The van der Waals surface area contributed by atoms with Gasteiger partial charge in [0.2, 0.25) is 0 Å². The van der Waals surface area contributed by atoms with Crippen LogP contribution in [0.4, 0.5) is 5.69 Å². The Hall–Kier alpha value is -1.58. The van der Waals surface area contributed by atoms with Crippen LogP contribution >= 0.6 is 11.6 Å². The van der Waals surface area contributed by atoms with Gasteiger partial charge in [-0.05, 0) is 24.4 Å². The maximum atomic E-state index is 8.38. The fourth-order valence-electron chi connectivity index (χ4n) is 1.10. The summed E-state index contributed by atoms with van der Waals surface area (Å²) in [6.45, 7) is 0. The molecule has 0 unspecified atom stereocenters. The molecule has 0 atom stereocenters. The van der Waals surface area contributed by atoms with Gasteiger partial charge in [0, 0.05) is 22.9 Å². The first-order valence-corrected chi connectivity index (χ1v) is 4.92. The van der Waals surface area contributed by atoms with Crippen molar-refractivity contribution in [1.29, 1.82) is 0 Å². The van der Waals surface area contributed by atoms with Gasteiger partial charge in [0.25, 0.3) is 0 Å². The fraction of sp³-hybridized carbons (Fsp3) is 0.333. The molecule has 1 fully saturated rings. The highest BCUT2D eigenvalue weighted by molar-refractivity contribution is 6.32. The number of aromatic nitrogens is 1. The molecule has 1 aromatic heterocycles. The topological polar surface area (TPSA) is 74.0 Å². The molecule has 0 saturated heterocycles. The number of nitrogens with zero attached hydrogens (tertiary/aromatic N) is 5. The highest BCUT2D eigenvalue weighted by atomic mass is 35.5. The average molecular weight is 222 g/mol. The maximum absolute atomic E-state index is 8.38. The minimum absolute atomic E-state index is 0.310. The molecule has 1 aromatic rings. The van der Waals surface area contributed by atoms with Crippen LogP contribution < -0.4 is 0 Å². The van der Waals surface area contributed by atoms with E-state index in [1.54, 1.807) is 12.3 Å². The lowest BCUT2D eigenvalue weighted by Crippen LogP contribution is -1.88. The molecule has 0 amide bonds. The molecule has 1 aliphatic rings. The Balaban J connectivity index is 2.36. The van der Waals surface area contributed by atoms with Crippen molar-refractivity contribution in [3.63, 3.8) is 0 Å². The largest absolute Gasteiger partial charge is 0.289 e. The van der Waals surface area contributed by atoms with Gasteiger partial charge in [-0.15, -0.1) is 0 Å². The summed E-state index contributed by atoms with van der Waals surface area (Å²) >= 11 is 5.88. The Morgan fingerprint density at radius 2 is 2.40 bits per heavy atom. The molecule has 0 N–H and O–H groups in total. The second-order valence-electron chi connectivity index (χ2n) is 3.23. The van der Waals surface area contributed by atoms with Gasteiger partial charge in [0.05, 0.1) is 11.7 Å². The van der Waals surface area contributed by atoms with Gasteiger partial charge in [-0.1, -0.05) is 16.7 Å². The van der Waals surface area contributed by atoms with Crippen LogP contribution in [0.25, 0.3) is 10.4 Å². The molecule has 0 bridgehead atoms. The van der Waals surface area contributed by atoms with Gasteiger partial charge in [0.15, 0.2) is 0 Å². The van der Waals surface area contributed by atoms with E-state index in [0.717, 1.165) is 12.8 Å². The number of hydrogen-bond acceptors (Lipinski definition) is 3. The van der Waals surface area contributed by atoms with E-state index in [-0.39, 0.29) is 0 Å². The Labute approximate surface area is 91.4 Å². The first kappa shape index (κ1) is 9.96. The summed E-state index contributed by atoms with van der Waals surface area (Å²) in [5.41, 5.74) is 9.42. The van der Waals surface area contributed by atoms with E-state index in [1.807, 2.05) is 0 Å². The molecule has 6 heteroatoms. The summed E-state index contributed by atoms with van der Waals surface area (Å²) in [5, 5.41) is 3.84. The van der Waals surface area contributed by atoms with E-state index in [1.165, 1.54) is 6.20 Å². The smallest absolute Gasteiger partial charge is 0.138 e. The van der Waals surface area contributed by atoms with E-state index in [2.05, 4.69) is 20.0 Å². The van der Waals surface area contributed by atoms with Crippen molar-refractivity contribution in [2.24, 2.45) is 10.1 Å². The second kappa shape index (κ2) is 4.29. The quantitative estimate of drug-likeness (QED) is 0.254. The van der Waals surface area contributed by atoms with Crippen molar-refractivity contribution >= 4 is 23.5 Å². The lowest BCUT2D eigenvalue weighted by Gasteiger charge is -2.00. The van der Waals surface area contributed by atoms with Crippen LogP contribution in [0.2, 0.25) is 5.15 Å². The van der Waals surface area contributed by atoms with Crippen LogP contribution in [0.1, 0.15) is 18.4 Å². The molecule has 76 valence electrons. The molecule has 0 radical (unpaired) electrons. The molecule has 0 spiro atoms. The van der Waals surface area contributed by atoms with E-state index in [9.17, 15) is 0 Å². The Kier molecular flexibility index (Phi) is 2.85. The van der Waals surface area contributed by atoms with Crippen LogP contribution in [0, 0.1) is 0 Å². The molecule has 1 saturated carbocycles. The highest BCUT2D eigenvalue weighted by Gasteiger charge is 2.19. The third-order valence-corrected chi connectivity index (χ3v) is 2.33. The first-order chi connectivity index (χ1) is 7.31. The Morgan fingerprint density at radius 3 is 3.07 bits per heavy atom. The van der Waals surface area contributed by atoms with Crippen molar-refractivity contribution in [2.75, 3.05) is 0 Å². The molecule has 0 aliphatic heterocycles. The zero-order valence-electron chi connectivity index (χ0n) is 7.84. The Morgan fingerprint density at radius 1 is 1.60 bits per heavy atom. The standard InChI is InChI=1S/C9H8ClN5/c10-9-7(5-13-6-1-2-6)8(14-15-11)3-4-12-9/h3-6H,1-2H2/b13-5+. The molecule has 2 rings (SSSR count). The lowest BCUT2D eigenvalue weighted by molar-refractivity contribution is 1.08. The number of rotatable bonds is 3. The van der Waals surface area contributed by atoms with Crippen molar-refractivity contribution in [1.82, 2.24) is 4.98 Å². The van der Waals surface area contributed by atoms with Gasteiger partial charge in [-0.3, -0.25) is 4.99 Å². The SMILES string of the molecule is [N-]=[N+]=Nc1ccnc(Cl)c1/C=N/C1CC1. The van der Waals surface area contributed by atoms with E-state index < -0.39 is 0 Å². The molecule has 1 heterocycles. The van der Waals surface area contributed by atoms with Gasteiger partial charge in [-0.25, -0.2) is 4.98 Å². The van der Waals surface area contributed by atoms with Crippen molar-refractivity contribution < 1.29 is 0 Å². The molecule has 0 aromatic carbocycles. The lowest BCUT2D eigenvalue weighted by atomic mass is 10.2. The van der Waals surface area contributed by atoms with Crippen molar-refractivity contribution in [2.45, 2.75) is 18.9 Å². The summed E-state index contributed by atoms with van der Waals surface area (Å²) in [7, 11) is 0. The summed E-state index contributed by atoms with van der Waals surface area (Å²) in [4.78, 5) is 10.9. The van der Waals surface area contributed by atoms with Crippen LogP contribution in [0.15, 0.2) is 22.4 Å². The summed E-state index contributed by atoms with van der Waals surface area (Å²) in [6.07, 6.45) is 5.37. The number of azide groups is 1. The monoisotopic (exact) mass is 221 g/mol. The minimum atomic E-state index is 0.310. The first-order valence-electron chi connectivity index (χ1n) is 4.54. The third-order valence-electron chi connectivity index (χ3n) is 2.03. The van der Waals surface area contributed by atoms with Gasteiger partial charge >= 0.3 is 0 Å². The molecule has 1 aliphatic carbocycles. The van der Waals surface area contributed by atoms with Gasteiger partial charge in [-0.2, -0.15) is 0 Å². The van der Waals surface area contributed by atoms with Crippen LogP contribution in [-0.4, -0.2) is 17.2 Å². The normalized spacial score (nSPS) is 15.3. The number of aliphatic imine (C=N–C) groups is 1. The zero-order chi connectivity index (χ0) is 10.7. The number of pyridine rings is 1. The highest BCUT2D eigenvalue weighted by Crippen LogP contribution is 2.26. The molecular weight excluding hydrogens is 214 g/mol. The van der Waals surface area contributed by atoms with Crippen LogP contribution in [0.3, 0.4) is 0 Å². The van der Waals surface area contributed by atoms with Crippen LogP contribution in [0.5, 0.6) is 0 Å². The van der Waals surface area contributed by atoms with Gasteiger partial charge < -0.3 is 0 Å². The zero-order valence-corrected chi connectivity index (χ0v) is 8.59. The van der Waals surface area contributed by atoms with Crippen molar-refractivity contribution in [3.8, 4) is 0 Å². The van der Waals surface area contributed by atoms with E-state index >= 15 is 0 Å². The van der Waals surface area contributed by atoms with Crippen molar-refractivity contribution in [3.05, 3.63) is 33.4 Å². The van der Waals surface area contributed by atoms with Crippen LogP contribution in [-0.2, 0) is 0 Å². The third kappa shape index (κ3) is 2.46. The molecular formula is C9H8ClN5. The van der Waals surface area contributed by atoms with Gasteiger partial charge in [0.1, 0.15) is 5.15 Å². The minimum Gasteiger partial charge on any atom is -0.289 e. The molecule has 15 heavy (non-hydrogen) atoms. The van der Waals surface area contributed by atoms with E-state index in [4.69, 9.17) is 17.1 Å². The summed E-state index contributed by atoms with van der Waals surface area (Å²) < 4.78 is 0. The number of hydrogen-bond donors (Lipinski definition) is 0. The van der Waals surface area contributed by atoms with E-state index in [0.29, 0.717) is 22.4 Å². The summed E-state index contributed by atoms with van der Waals surface area (Å²) in [6, 6.07) is 2.01. The second-order valence-corrected chi connectivity index (χ2v) is 3.59. The fourth-order valence-corrected chi connectivity index (χ4v) is 1.30. The number of halogens is 1.